The van der Waals surface area contributed by atoms with Crippen LogP contribution in [-0.2, 0) is 0 Å². The first-order valence-electron chi connectivity index (χ1n) is 7.07. The summed E-state index contributed by atoms with van der Waals surface area (Å²) in [6.07, 6.45) is 0.922. The minimum Gasteiger partial charge on any atom is -0.508 e. The van der Waals surface area contributed by atoms with E-state index in [0.717, 1.165) is 13.0 Å². The molecule has 2 atom stereocenters. The van der Waals surface area contributed by atoms with E-state index >= 15 is 0 Å². The minimum absolute atomic E-state index is 0.0936. The fourth-order valence-corrected chi connectivity index (χ4v) is 2.80. The third-order valence-electron chi connectivity index (χ3n) is 3.81. The fraction of sp³-hybridized carbons (Fsp3) is 0.533. The zero-order valence-corrected chi connectivity index (χ0v) is 12.0. The normalized spacial score (nSPS) is 22.8. The Morgan fingerprint density at radius 2 is 2.00 bits per heavy atom. The number of carbonyl (C=O) groups excluding carboxylic acids is 1. The molecule has 5 nitrogen and oxygen atoms in total. The number of phenols is 2. The molecule has 1 aliphatic heterocycles. The summed E-state index contributed by atoms with van der Waals surface area (Å²) in [4.78, 5) is 14.2. The highest BCUT2D eigenvalue weighted by atomic mass is 16.3. The van der Waals surface area contributed by atoms with Gasteiger partial charge in [-0.3, -0.25) is 4.79 Å². The van der Waals surface area contributed by atoms with Crippen LogP contribution in [0.2, 0.25) is 0 Å². The maximum Gasteiger partial charge on any atom is 0.254 e. The van der Waals surface area contributed by atoms with Gasteiger partial charge in [0.05, 0.1) is 0 Å². The minimum atomic E-state index is -0.141. The molecule has 1 aromatic rings. The Morgan fingerprint density at radius 3 is 2.55 bits per heavy atom. The molecule has 1 aromatic carbocycles. The molecule has 1 heterocycles. The number of amides is 1. The molecular weight excluding hydrogens is 256 g/mol. The lowest BCUT2D eigenvalue weighted by molar-refractivity contribution is 0.0645. The van der Waals surface area contributed by atoms with E-state index in [0.29, 0.717) is 30.6 Å². The van der Waals surface area contributed by atoms with Crippen LogP contribution in [0.15, 0.2) is 18.2 Å². The van der Waals surface area contributed by atoms with Gasteiger partial charge in [0.1, 0.15) is 11.5 Å². The number of piperidine rings is 1. The van der Waals surface area contributed by atoms with Crippen molar-refractivity contribution in [2.24, 2.45) is 5.92 Å². The number of benzene rings is 1. The Labute approximate surface area is 119 Å². The van der Waals surface area contributed by atoms with E-state index in [1.54, 1.807) is 4.90 Å². The van der Waals surface area contributed by atoms with Crippen LogP contribution in [0.25, 0.3) is 0 Å². The lowest BCUT2D eigenvalue weighted by Crippen LogP contribution is -2.50. The summed E-state index contributed by atoms with van der Waals surface area (Å²) in [5.74, 6) is 0.0597. The van der Waals surface area contributed by atoms with Crippen molar-refractivity contribution in [3.8, 4) is 11.5 Å². The predicted octanol–water partition coefficient (Wildman–Crippen LogP) is 1.56. The molecule has 20 heavy (non-hydrogen) atoms. The van der Waals surface area contributed by atoms with Gasteiger partial charge in [0.2, 0.25) is 0 Å². The monoisotopic (exact) mass is 278 g/mol. The highest BCUT2D eigenvalue weighted by molar-refractivity contribution is 5.95. The van der Waals surface area contributed by atoms with E-state index < -0.39 is 0 Å². The number of nitrogens with one attached hydrogen (secondary N) is 1. The van der Waals surface area contributed by atoms with Gasteiger partial charge in [0.15, 0.2) is 0 Å². The topological polar surface area (TPSA) is 72.8 Å². The van der Waals surface area contributed by atoms with Gasteiger partial charge in [-0.2, -0.15) is 0 Å². The van der Waals surface area contributed by atoms with Crippen LogP contribution < -0.4 is 5.32 Å². The second kappa shape index (κ2) is 6.13. The van der Waals surface area contributed by atoms with Crippen LogP contribution >= 0.6 is 0 Å². The molecule has 1 saturated heterocycles. The number of nitrogens with zero attached hydrogens (tertiary/aromatic N) is 1. The second-order valence-corrected chi connectivity index (χ2v) is 5.42. The van der Waals surface area contributed by atoms with Gasteiger partial charge in [-0.1, -0.05) is 13.8 Å². The van der Waals surface area contributed by atoms with E-state index in [9.17, 15) is 15.0 Å². The van der Waals surface area contributed by atoms with E-state index in [1.165, 1.54) is 18.2 Å². The summed E-state index contributed by atoms with van der Waals surface area (Å²) >= 11 is 0. The predicted molar refractivity (Wildman–Crippen MR) is 76.9 cm³/mol. The Hall–Kier alpha value is -1.75. The highest BCUT2D eigenvalue weighted by Crippen LogP contribution is 2.24. The molecule has 0 bridgehead atoms. The standard InChI is InChI=1S/C15H22N2O3/c1-3-16-14-4-5-17(9-10(14)2)15(20)11-6-12(18)8-13(19)7-11/h6-8,10,14,16,18-19H,3-5,9H2,1-2H3. The zero-order valence-electron chi connectivity index (χ0n) is 12.0. The largest absolute Gasteiger partial charge is 0.508 e. The zero-order chi connectivity index (χ0) is 14.7. The van der Waals surface area contributed by atoms with Gasteiger partial charge in [0, 0.05) is 30.8 Å². The Balaban J connectivity index is 2.07. The number of carbonyl (C=O) groups is 1. The van der Waals surface area contributed by atoms with E-state index in [2.05, 4.69) is 19.2 Å². The van der Waals surface area contributed by atoms with Crippen LogP contribution in [0.1, 0.15) is 30.6 Å². The molecule has 1 fully saturated rings. The average molecular weight is 278 g/mol. The maximum absolute atomic E-state index is 12.4. The molecule has 3 N–H and O–H groups in total. The van der Waals surface area contributed by atoms with Crippen molar-refractivity contribution in [1.29, 1.82) is 0 Å². The van der Waals surface area contributed by atoms with Crippen molar-refractivity contribution in [2.45, 2.75) is 26.3 Å². The van der Waals surface area contributed by atoms with Crippen molar-refractivity contribution in [2.75, 3.05) is 19.6 Å². The Morgan fingerprint density at radius 1 is 1.35 bits per heavy atom. The quantitative estimate of drug-likeness (QED) is 0.784. The molecule has 0 aromatic heterocycles. The summed E-state index contributed by atoms with van der Waals surface area (Å²) in [7, 11) is 0. The van der Waals surface area contributed by atoms with Crippen LogP contribution in [0, 0.1) is 5.92 Å². The van der Waals surface area contributed by atoms with Crippen molar-refractivity contribution in [1.82, 2.24) is 10.2 Å². The highest BCUT2D eigenvalue weighted by Gasteiger charge is 2.28. The Bertz CT molecular complexity index is 470. The summed E-state index contributed by atoms with van der Waals surface area (Å²) < 4.78 is 0. The van der Waals surface area contributed by atoms with Gasteiger partial charge in [0.25, 0.3) is 5.91 Å². The van der Waals surface area contributed by atoms with Crippen molar-refractivity contribution < 1.29 is 15.0 Å². The first-order chi connectivity index (χ1) is 9.51. The Kier molecular flexibility index (Phi) is 4.49. The first-order valence-corrected chi connectivity index (χ1v) is 7.07. The third kappa shape index (κ3) is 3.22. The summed E-state index contributed by atoms with van der Waals surface area (Å²) in [6, 6.07) is 4.45. The summed E-state index contributed by atoms with van der Waals surface area (Å²) in [5, 5.41) is 22.4. The number of phenolic OH excluding ortho intramolecular Hbond substituents is 2. The van der Waals surface area contributed by atoms with Crippen LogP contribution in [0.4, 0.5) is 0 Å². The van der Waals surface area contributed by atoms with Crippen LogP contribution in [0.3, 0.4) is 0 Å². The molecule has 0 aliphatic carbocycles. The van der Waals surface area contributed by atoms with Gasteiger partial charge in [-0.25, -0.2) is 0 Å². The number of hydrogen-bond acceptors (Lipinski definition) is 4. The lowest BCUT2D eigenvalue weighted by Gasteiger charge is -2.37. The second-order valence-electron chi connectivity index (χ2n) is 5.42. The van der Waals surface area contributed by atoms with Crippen LogP contribution in [-0.4, -0.2) is 46.7 Å². The maximum atomic E-state index is 12.4. The van der Waals surface area contributed by atoms with E-state index in [4.69, 9.17) is 0 Å². The van der Waals surface area contributed by atoms with E-state index in [-0.39, 0.29) is 17.4 Å². The van der Waals surface area contributed by atoms with Crippen molar-refractivity contribution >= 4 is 5.91 Å². The van der Waals surface area contributed by atoms with Crippen molar-refractivity contribution in [3.63, 3.8) is 0 Å². The third-order valence-corrected chi connectivity index (χ3v) is 3.81. The molecule has 0 radical (unpaired) electrons. The molecule has 2 unspecified atom stereocenters. The summed E-state index contributed by atoms with van der Waals surface area (Å²) in [6.45, 7) is 6.53. The fourth-order valence-electron chi connectivity index (χ4n) is 2.80. The SMILES string of the molecule is CCNC1CCN(C(=O)c2cc(O)cc(O)c2)CC1C. The molecule has 1 aliphatic rings. The number of rotatable bonds is 3. The molecule has 2 rings (SSSR count). The summed E-state index contributed by atoms with van der Waals surface area (Å²) in [5.41, 5.74) is 0.330. The first kappa shape index (κ1) is 14.7. The van der Waals surface area contributed by atoms with E-state index in [1.807, 2.05) is 0 Å². The number of aromatic hydroxyl groups is 2. The lowest BCUT2D eigenvalue weighted by atomic mass is 9.93. The van der Waals surface area contributed by atoms with Crippen LogP contribution in [0.5, 0.6) is 11.5 Å². The molecule has 0 saturated carbocycles. The number of likely N-dealkylation sites (tertiary alicyclic amines) is 1. The van der Waals surface area contributed by atoms with Gasteiger partial charge >= 0.3 is 0 Å². The van der Waals surface area contributed by atoms with Gasteiger partial charge < -0.3 is 20.4 Å². The van der Waals surface area contributed by atoms with Gasteiger partial charge in [-0.05, 0) is 31.0 Å². The molecule has 5 heteroatoms. The molecule has 0 spiro atoms. The van der Waals surface area contributed by atoms with Crippen molar-refractivity contribution in [3.05, 3.63) is 23.8 Å². The van der Waals surface area contributed by atoms with Gasteiger partial charge in [-0.15, -0.1) is 0 Å². The molecule has 110 valence electrons. The average Bonchev–Trinajstić information content (AvgIpc) is 2.39. The smallest absolute Gasteiger partial charge is 0.254 e. The number of hydrogen-bond donors (Lipinski definition) is 3. The molecule has 1 amide bonds. The molecular formula is C15H22N2O3.